The standard InChI is InChI=1S/C22H17F5N4O4S/c1-4-36(32,33)20-17(29-18(31(20)3)11-6-5-7-12(23)8-11)19-28-13-9-15-16(10-14(13)30(19)2)35-22(26,27)21(24,25)34-15/h5-10H,4H2,1-3H3. The summed E-state index contributed by atoms with van der Waals surface area (Å²) in [6.07, 6.45) is -9.81. The highest BCUT2D eigenvalue weighted by Gasteiger charge is 2.66. The van der Waals surface area contributed by atoms with E-state index in [4.69, 9.17) is 0 Å². The van der Waals surface area contributed by atoms with Gasteiger partial charge >= 0.3 is 12.2 Å². The second-order valence-corrected chi connectivity index (χ2v) is 10.3. The summed E-state index contributed by atoms with van der Waals surface area (Å²) in [4.78, 5) is 8.77. The van der Waals surface area contributed by atoms with Crippen LogP contribution in [-0.4, -0.2) is 45.5 Å². The van der Waals surface area contributed by atoms with Gasteiger partial charge in [-0.2, -0.15) is 17.6 Å². The monoisotopic (exact) mass is 528 g/mol. The molecule has 14 heteroatoms. The highest BCUT2D eigenvalue weighted by molar-refractivity contribution is 7.91. The molecule has 8 nitrogen and oxygen atoms in total. The molecule has 0 bridgehead atoms. The number of imidazole rings is 2. The Morgan fingerprint density at radius 2 is 1.56 bits per heavy atom. The fourth-order valence-corrected chi connectivity index (χ4v) is 5.18. The largest absolute Gasteiger partial charge is 0.507 e. The number of hydrogen-bond acceptors (Lipinski definition) is 6. The van der Waals surface area contributed by atoms with E-state index in [9.17, 15) is 30.4 Å². The van der Waals surface area contributed by atoms with Crippen molar-refractivity contribution in [1.29, 1.82) is 0 Å². The zero-order valence-corrected chi connectivity index (χ0v) is 19.7. The molecule has 0 fully saturated rings. The number of alkyl halides is 4. The Morgan fingerprint density at radius 1 is 0.917 bits per heavy atom. The molecule has 190 valence electrons. The topological polar surface area (TPSA) is 88.2 Å². The average Bonchev–Trinajstić information content (AvgIpc) is 3.30. The number of hydrogen-bond donors (Lipinski definition) is 0. The van der Waals surface area contributed by atoms with Gasteiger partial charge in [-0.25, -0.2) is 22.8 Å². The summed E-state index contributed by atoms with van der Waals surface area (Å²) in [6, 6.07) is 7.43. The lowest BCUT2D eigenvalue weighted by atomic mass is 10.2. The van der Waals surface area contributed by atoms with Gasteiger partial charge in [-0.15, -0.1) is 0 Å². The second-order valence-electron chi connectivity index (χ2n) is 8.08. The number of rotatable bonds is 4. The summed E-state index contributed by atoms with van der Waals surface area (Å²) in [5, 5.41) is -0.210. The molecule has 2 aromatic heterocycles. The second kappa shape index (κ2) is 7.66. The maximum absolute atomic E-state index is 13.9. The molecule has 0 aliphatic carbocycles. The van der Waals surface area contributed by atoms with E-state index in [-0.39, 0.29) is 39.2 Å². The van der Waals surface area contributed by atoms with Gasteiger partial charge in [0.1, 0.15) is 17.3 Å². The van der Waals surface area contributed by atoms with E-state index in [0.717, 1.165) is 12.1 Å². The molecule has 0 saturated carbocycles. The first kappa shape index (κ1) is 24.0. The number of benzene rings is 2. The number of nitrogens with zero attached hydrogens (tertiary/aromatic N) is 4. The van der Waals surface area contributed by atoms with Crippen molar-refractivity contribution in [1.82, 2.24) is 19.1 Å². The highest BCUT2D eigenvalue weighted by atomic mass is 32.2. The number of fused-ring (bicyclic) bond motifs is 2. The van der Waals surface area contributed by atoms with Gasteiger partial charge < -0.3 is 18.6 Å². The van der Waals surface area contributed by atoms with E-state index in [1.807, 2.05) is 0 Å². The molecule has 1 aliphatic rings. The summed E-state index contributed by atoms with van der Waals surface area (Å²) >= 11 is 0. The molecule has 2 aromatic carbocycles. The van der Waals surface area contributed by atoms with Gasteiger partial charge in [-0.1, -0.05) is 19.1 Å². The molecule has 0 atom stereocenters. The lowest BCUT2D eigenvalue weighted by Gasteiger charge is -2.31. The third kappa shape index (κ3) is 3.50. The molecule has 5 rings (SSSR count). The Morgan fingerprint density at radius 3 is 2.17 bits per heavy atom. The van der Waals surface area contributed by atoms with Crippen molar-refractivity contribution in [3.8, 4) is 34.4 Å². The molecule has 1 aliphatic heterocycles. The molecule has 0 spiro atoms. The van der Waals surface area contributed by atoms with Gasteiger partial charge in [-0.3, -0.25) is 0 Å². The smallest absolute Gasteiger partial charge is 0.421 e. The molecule has 0 radical (unpaired) electrons. The Hall–Kier alpha value is -3.68. The first-order valence-corrected chi connectivity index (χ1v) is 12.1. The summed E-state index contributed by atoms with van der Waals surface area (Å²) < 4.78 is 106. The van der Waals surface area contributed by atoms with Crippen LogP contribution in [-0.2, 0) is 23.9 Å². The Labute approximate surface area is 200 Å². The summed E-state index contributed by atoms with van der Waals surface area (Å²) in [5.74, 6) is -2.02. The highest BCUT2D eigenvalue weighted by Crippen LogP contribution is 2.48. The number of aromatic nitrogens is 4. The van der Waals surface area contributed by atoms with Crippen molar-refractivity contribution in [3.63, 3.8) is 0 Å². The predicted molar refractivity (Wildman–Crippen MR) is 117 cm³/mol. The maximum atomic E-state index is 13.9. The minimum Gasteiger partial charge on any atom is -0.421 e. The van der Waals surface area contributed by atoms with Crippen LogP contribution >= 0.6 is 0 Å². The average molecular weight is 528 g/mol. The van der Waals surface area contributed by atoms with Crippen molar-refractivity contribution >= 4 is 20.9 Å². The van der Waals surface area contributed by atoms with Crippen molar-refractivity contribution in [2.24, 2.45) is 14.1 Å². The minimum atomic E-state index is -4.91. The predicted octanol–water partition coefficient (Wildman–Crippen LogP) is 4.53. The third-order valence-electron chi connectivity index (χ3n) is 5.77. The molecule has 0 N–H and O–H groups in total. The maximum Gasteiger partial charge on any atom is 0.507 e. The van der Waals surface area contributed by atoms with Crippen LogP contribution in [0.2, 0.25) is 0 Å². The minimum absolute atomic E-state index is 0.00357. The zero-order chi connectivity index (χ0) is 26.2. The number of halogens is 5. The van der Waals surface area contributed by atoms with E-state index >= 15 is 0 Å². The van der Waals surface area contributed by atoms with Crippen LogP contribution in [0.3, 0.4) is 0 Å². The van der Waals surface area contributed by atoms with Gasteiger partial charge in [0.2, 0.25) is 0 Å². The summed E-state index contributed by atoms with van der Waals surface area (Å²) in [5.41, 5.74) is 0.407. The fourth-order valence-electron chi connectivity index (χ4n) is 3.97. The van der Waals surface area contributed by atoms with Gasteiger partial charge in [0.05, 0.1) is 16.8 Å². The van der Waals surface area contributed by atoms with Crippen LogP contribution in [0.25, 0.3) is 33.9 Å². The quantitative estimate of drug-likeness (QED) is 0.362. The van der Waals surface area contributed by atoms with Crippen LogP contribution in [0.4, 0.5) is 22.0 Å². The molecule has 4 aromatic rings. The zero-order valence-electron chi connectivity index (χ0n) is 18.9. The van der Waals surface area contributed by atoms with E-state index in [2.05, 4.69) is 19.4 Å². The van der Waals surface area contributed by atoms with Gasteiger partial charge in [-0.05, 0) is 12.1 Å². The molecule has 36 heavy (non-hydrogen) atoms. The normalized spacial score (nSPS) is 16.4. The van der Waals surface area contributed by atoms with E-state index in [1.165, 1.54) is 48.4 Å². The van der Waals surface area contributed by atoms with Crippen LogP contribution in [0.15, 0.2) is 41.4 Å². The summed E-state index contributed by atoms with van der Waals surface area (Å²) in [6.45, 7) is 1.44. The number of ether oxygens (including phenoxy) is 2. The Bertz CT molecular complexity index is 1650. The Kier molecular flexibility index (Phi) is 5.11. The first-order valence-electron chi connectivity index (χ1n) is 10.5. The van der Waals surface area contributed by atoms with E-state index in [1.54, 1.807) is 6.07 Å². The number of sulfone groups is 1. The number of aryl methyl sites for hydroxylation is 1. The third-order valence-corrected chi connectivity index (χ3v) is 7.59. The van der Waals surface area contributed by atoms with E-state index < -0.39 is 39.4 Å². The Balaban J connectivity index is 1.75. The van der Waals surface area contributed by atoms with Crippen LogP contribution in [0.5, 0.6) is 11.5 Å². The van der Waals surface area contributed by atoms with Crippen molar-refractivity contribution in [2.75, 3.05) is 5.75 Å². The lowest BCUT2D eigenvalue weighted by Crippen LogP contribution is -2.52. The van der Waals surface area contributed by atoms with E-state index in [0.29, 0.717) is 5.56 Å². The fraction of sp³-hybridized carbons (Fsp3) is 0.273. The molecule has 0 unspecified atom stereocenters. The van der Waals surface area contributed by atoms with Gasteiger partial charge in [0.15, 0.2) is 32.2 Å². The molecule has 0 saturated heterocycles. The van der Waals surface area contributed by atoms with Gasteiger partial charge in [0.25, 0.3) is 0 Å². The van der Waals surface area contributed by atoms with Crippen LogP contribution < -0.4 is 9.47 Å². The first-order chi connectivity index (χ1) is 16.8. The molecule has 0 amide bonds. The molecule has 3 heterocycles. The molecular formula is C22H17F5N4O4S. The lowest BCUT2D eigenvalue weighted by molar-refractivity contribution is -0.391. The van der Waals surface area contributed by atoms with Crippen molar-refractivity contribution in [2.45, 2.75) is 24.2 Å². The van der Waals surface area contributed by atoms with Crippen molar-refractivity contribution < 1.29 is 39.8 Å². The van der Waals surface area contributed by atoms with Crippen molar-refractivity contribution in [3.05, 3.63) is 42.2 Å². The SMILES string of the molecule is CCS(=O)(=O)c1c(-c2nc3cc4c(cc3n2C)OC(F)(F)C(F)(F)O4)nc(-c2cccc(F)c2)n1C. The van der Waals surface area contributed by atoms with Crippen LogP contribution in [0.1, 0.15) is 6.92 Å². The molecular weight excluding hydrogens is 511 g/mol. The van der Waals surface area contributed by atoms with Crippen LogP contribution in [0, 0.1) is 5.82 Å². The van der Waals surface area contributed by atoms with Gasteiger partial charge in [0, 0.05) is 31.8 Å². The summed E-state index contributed by atoms with van der Waals surface area (Å²) in [7, 11) is -0.984.